The summed E-state index contributed by atoms with van der Waals surface area (Å²) in [7, 11) is 0. The molecule has 0 aliphatic carbocycles. The third-order valence-corrected chi connectivity index (χ3v) is 3.35. The molecule has 0 fully saturated rings. The van der Waals surface area contributed by atoms with Crippen LogP contribution in [0.15, 0.2) is 24.3 Å². The molecule has 0 spiro atoms. The van der Waals surface area contributed by atoms with Gasteiger partial charge in [0.25, 0.3) is 0 Å². The summed E-state index contributed by atoms with van der Waals surface area (Å²) in [6.07, 6.45) is -0.737. The van der Waals surface area contributed by atoms with Crippen LogP contribution in [0.1, 0.15) is 31.6 Å². The van der Waals surface area contributed by atoms with E-state index in [0.717, 1.165) is 0 Å². The molecule has 1 aromatic carbocycles. The van der Waals surface area contributed by atoms with Gasteiger partial charge in [0.2, 0.25) is 0 Å². The van der Waals surface area contributed by atoms with Crippen molar-refractivity contribution in [1.82, 2.24) is 14.8 Å². The number of nitrogens with zero attached hydrogens (tertiary/aromatic N) is 3. The van der Waals surface area contributed by atoms with Gasteiger partial charge in [-0.15, -0.1) is 0 Å². The molecule has 1 atom stereocenters. The van der Waals surface area contributed by atoms with Crippen LogP contribution in [-0.4, -0.2) is 31.6 Å². The first-order valence-corrected chi connectivity index (χ1v) is 7.50. The van der Waals surface area contributed by atoms with E-state index in [1.807, 2.05) is 13.8 Å². The molecule has 1 unspecified atom stereocenters. The maximum atomic E-state index is 10.2. The molecule has 1 aromatic heterocycles. The first kappa shape index (κ1) is 16.7. The molecule has 7 heteroatoms. The van der Waals surface area contributed by atoms with Gasteiger partial charge in [0, 0.05) is 5.02 Å². The highest BCUT2D eigenvalue weighted by atomic mass is 35.5. The Bertz CT molecular complexity index is 616. The molecule has 22 heavy (non-hydrogen) atoms. The second kappa shape index (κ2) is 7.58. The fraction of sp³-hybridized carbons (Fsp3) is 0.467. The van der Waals surface area contributed by atoms with Gasteiger partial charge in [-0.1, -0.05) is 31.5 Å². The first-order valence-electron chi connectivity index (χ1n) is 7.12. The zero-order chi connectivity index (χ0) is 16.1. The zero-order valence-corrected chi connectivity index (χ0v) is 13.4. The van der Waals surface area contributed by atoms with Crippen LogP contribution in [0.2, 0.25) is 5.02 Å². The van der Waals surface area contributed by atoms with Crippen LogP contribution >= 0.6 is 11.6 Å². The molecule has 1 heterocycles. The van der Waals surface area contributed by atoms with Crippen molar-refractivity contribution in [2.45, 2.75) is 33.1 Å². The zero-order valence-electron chi connectivity index (χ0n) is 12.6. The number of ether oxygens (including phenoxy) is 1. The van der Waals surface area contributed by atoms with Crippen LogP contribution < -0.4 is 4.74 Å². The number of aliphatic hydroxyl groups is 2. The van der Waals surface area contributed by atoms with E-state index in [2.05, 4.69) is 10.1 Å². The third-order valence-electron chi connectivity index (χ3n) is 3.12. The monoisotopic (exact) mass is 325 g/mol. The van der Waals surface area contributed by atoms with Crippen LogP contribution in [0.4, 0.5) is 0 Å². The normalized spacial score (nSPS) is 12.6. The van der Waals surface area contributed by atoms with Gasteiger partial charge < -0.3 is 14.9 Å². The SMILES string of the molecule is CC(C)C(O)c1nc(COc2cccc(Cl)c2)nn1CCO. The summed E-state index contributed by atoms with van der Waals surface area (Å²) in [4.78, 5) is 4.32. The Hall–Kier alpha value is -1.63. The largest absolute Gasteiger partial charge is 0.485 e. The first-order chi connectivity index (χ1) is 10.5. The molecule has 120 valence electrons. The average Bonchev–Trinajstić information content (AvgIpc) is 2.88. The summed E-state index contributed by atoms with van der Waals surface area (Å²) < 4.78 is 7.11. The minimum absolute atomic E-state index is 0.00309. The van der Waals surface area contributed by atoms with Gasteiger partial charge in [-0.25, -0.2) is 9.67 Å². The lowest BCUT2D eigenvalue weighted by Gasteiger charge is -2.13. The maximum Gasteiger partial charge on any atom is 0.188 e. The Labute approximate surface area is 134 Å². The number of aromatic nitrogens is 3. The molecule has 0 aliphatic heterocycles. The Balaban J connectivity index is 2.12. The van der Waals surface area contributed by atoms with Crippen molar-refractivity contribution in [2.75, 3.05) is 6.61 Å². The van der Waals surface area contributed by atoms with Gasteiger partial charge in [0.1, 0.15) is 18.5 Å². The van der Waals surface area contributed by atoms with E-state index in [9.17, 15) is 5.11 Å². The molecule has 6 nitrogen and oxygen atoms in total. The van der Waals surface area contributed by atoms with E-state index < -0.39 is 6.10 Å². The lowest BCUT2D eigenvalue weighted by molar-refractivity contribution is 0.110. The number of hydrogen-bond donors (Lipinski definition) is 2. The summed E-state index contributed by atoms with van der Waals surface area (Å²) in [6.45, 7) is 4.16. The van der Waals surface area contributed by atoms with Crippen LogP contribution in [0.5, 0.6) is 5.75 Å². The van der Waals surface area contributed by atoms with Crippen molar-refractivity contribution in [3.63, 3.8) is 0 Å². The lowest BCUT2D eigenvalue weighted by Crippen LogP contribution is -2.15. The fourth-order valence-electron chi connectivity index (χ4n) is 1.94. The number of hydrogen-bond acceptors (Lipinski definition) is 5. The molecular formula is C15H20ClN3O3. The number of aliphatic hydroxyl groups excluding tert-OH is 2. The summed E-state index contributed by atoms with van der Waals surface area (Å²) in [5.41, 5.74) is 0. The van der Waals surface area contributed by atoms with Crippen molar-refractivity contribution in [3.8, 4) is 5.75 Å². The minimum Gasteiger partial charge on any atom is -0.485 e. The van der Waals surface area contributed by atoms with Crippen LogP contribution in [0, 0.1) is 5.92 Å². The smallest absolute Gasteiger partial charge is 0.188 e. The van der Waals surface area contributed by atoms with Gasteiger partial charge >= 0.3 is 0 Å². The Morgan fingerprint density at radius 1 is 1.36 bits per heavy atom. The van der Waals surface area contributed by atoms with Gasteiger partial charge in [-0.3, -0.25) is 0 Å². The fourth-order valence-corrected chi connectivity index (χ4v) is 2.13. The van der Waals surface area contributed by atoms with Gasteiger partial charge in [-0.2, -0.15) is 5.10 Å². The predicted octanol–water partition coefficient (Wildman–Crippen LogP) is 2.19. The van der Waals surface area contributed by atoms with Crippen molar-refractivity contribution in [2.24, 2.45) is 5.92 Å². The lowest BCUT2D eigenvalue weighted by atomic mass is 10.1. The molecule has 0 aliphatic rings. The van der Waals surface area contributed by atoms with E-state index in [4.69, 9.17) is 21.4 Å². The van der Waals surface area contributed by atoms with E-state index in [-0.39, 0.29) is 25.7 Å². The van der Waals surface area contributed by atoms with Crippen LogP contribution in [0.25, 0.3) is 0 Å². The summed E-state index contributed by atoms with van der Waals surface area (Å²) in [6, 6.07) is 7.06. The molecular weight excluding hydrogens is 306 g/mol. The summed E-state index contributed by atoms with van der Waals surface area (Å²) in [5.74, 6) is 1.51. The van der Waals surface area contributed by atoms with Crippen LogP contribution in [-0.2, 0) is 13.2 Å². The van der Waals surface area contributed by atoms with Crippen LogP contribution in [0.3, 0.4) is 0 Å². The molecule has 0 amide bonds. The van der Waals surface area contributed by atoms with E-state index in [0.29, 0.717) is 22.4 Å². The molecule has 0 saturated heterocycles. The highest BCUT2D eigenvalue weighted by Gasteiger charge is 2.20. The van der Waals surface area contributed by atoms with Crippen molar-refractivity contribution in [3.05, 3.63) is 40.9 Å². The van der Waals surface area contributed by atoms with E-state index in [1.54, 1.807) is 24.3 Å². The number of halogens is 1. The molecule has 2 N–H and O–H groups in total. The Morgan fingerprint density at radius 2 is 2.14 bits per heavy atom. The minimum atomic E-state index is -0.737. The third kappa shape index (κ3) is 4.19. The maximum absolute atomic E-state index is 10.2. The molecule has 2 rings (SSSR count). The van der Waals surface area contributed by atoms with Crippen molar-refractivity contribution >= 4 is 11.6 Å². The predicted molar refractivity (Wildman–Crippen MR) is 82.7 cm³/mol. The van der Waals surface area contributed by atoms with E-state index >= 15 is 0 Å². The highest BCUT2D eigenvalue weighted by Crippen LogP contribution is 2.21. The second-order valence-corrected chi connectivity index (χ2v) is 5.70. The van der Waals surface area contributed by atoms with Crippen molar-refractivity contribution < 1.29 is 14.9 Å². The van der Waals surface area contributed by atoms with Gasteiger partial charge in [0.15, 0.2) is 11.6 Å². The summed E-state index contributed by atoms with van der Waals surface area (Å²) >= 11 is 5.90. The number of rotatable bonds is 7. The van der Waals surface area contributed by atoms with E-state index in [1.165, 1.54) is 4.68 Å². The molecule has 2 aromatic rings. The quantitative estimate of drug-likeness (QED) is 0.815. The number of benzene rings is 1. The highest BCUT2D eigenvalue weighted by molar-refractivity contribution is 6.30. The molecule has 0 bridgehead atoms. The standard InChI is InChI=1S/C15H20ClN3O3/c1-10(2)14(21)15-17-13(18-19(15)6-7-20)9-22-12-5-3-4-11(16)8-12/h3-5,8,10,14,20-21H,6-7,9H2,1-2H3. The van der Waals surface area contributed by atoms with Gasteiger partial charge in [0.05, 0.1) is 13.2 Å². The van der Waals surface area contributed by atoms with Gasteiger partial charge in [-0.05, 0) is 24.1 Å². The van der Waals surface area contributed by atoms with Crippen molar-refractivity contribution in [1.29, 1.82) is 0 Å². The molecule has 0 radical (unpaired) electrons. The topological polar surface area (TPSA) is 80.4 Å². The summed E-state index contributed by atoms with van der Waals surface area (Å²) in [5, 5.41) is 24.1. The Kier molecular flexibility index (Phi) is 5.76. The second-order valence-electron chi connectivity index (χ2n) is 5.27. The average molecular weight is 326 g/mol. The molecule has 0 saturated carbocycles. The Morgan fingerprint density at radius 3 is 2.77 bits per heavy atom.